The van der Waals surface area contributed by atoms with Crippen molar-refractivity contribution >= 4 is 45.7 Å². The second kappa shape index (κ2) is 7.78. The minimum absolute atomic E-state index is 0.117. The molecular weight excluding hydrogens is 417 g/mol. The van der Waals surface area contributed by atoms with Gasteiger partial charge in [-0.1, -0.05) is 47.5 Å². The number of anilines is 1. The molecule has 0 atom stereocenters. The van der Waals surface area contributed by atoms with E-state index in [0.29, 0.717) is 43.8 Å². The lowest BCUT2D eigenvalue weighted by Crippen LogP contribution is -2.14. The Hall–Kier alpha value is -3.02. The lowest BCUT2D eigenvalue weighted by atomic mass is 10.0. The zero-order chi connectivity index (χ0) is 20.5. The molecule has 144 valence electrons. The van der Waals surface area contributed by atoms with Crippen molar-refractivity contribution in [3.63, 3.8) is 0 Å². The molecule has 0 unspecified atom stereocenters. The summed E-state index contributed by atoms with van der Waals surface area (Å²) in [4.78, 5) is 17.5. The Morgan fingerprint density at radius 3 is 2.45 bits per heavy atom. The zero-order valence-electron chi connectivity index (χ0n) is 14.7. The summed E-state index contributed by atoms with van der Waals surface area (Å²) in [6.07, 6.45) is 0. The Morgan fingerprint density at radius 2 is 1.69 bits per heavy atom. The van der Waals surface area contributed by atoms with Gasteiger partial charge in [-0.25, -0.2) is 13.8 Å². The van der Waals surface area contributed by atoms with Gasteiger partial charge in [0.1, 0.15) is 11.6 Å². The number of aromatic nitrogens is 1. The normalized spacial score (nSPS) is 10.9. The molecule has 1 amide bonds. The third kappa shape index (κ3) is 3.92. The van der Waals surface area contributed by atoms with Gasteiger partial charge in [-0.3, -0.25) is 4.79 Å². The molecule has 0 radical (unpaired) electrons. The van der Waals surface area contributed by atoms with Crippen molar-refractivity contribution in [3.05, 3.63) is 94.0 Å². The average Bonchev–Trinajstić information content (AvgIpc) is 2.71. The number of pyridine rings is 1. The summed E-state index contributed by atoms with van der Waals surface area (Å²) in [5, 5.41) is 3.85. The van der Waals surface area contributed by atoms with E-state index >= 15 is 0 Å². The number of rotatable bonds is 3. The number of amides is 1. The summed E-state index contributed by atoms with van der Waals surface area (Å²) in [6, 6.07) is 16.7. The summed E-state index contributed by atoms with van der Waals surface area (Å²) in [7, 11) is 0. The number of fused-ring (bicyclic) bond motifs is 1. The van der Waals surface area contributed by atoms with Gasteiger partial charge in [0.25, 0.3) is 5.91 Å². The minimum Gasteiger partial charge on any atom is -0.319 e. The highest BCUT2D eigenvalue weighted by atomic mass is 35.5. The number of hydrogen-bond donors (Lipinski definition) is 1. The average molecular weight is 429 g/mol. The van der Waals surface area contributed by atoms with Crippen LogP contribution in [0.3, 0.4) is 0 Å². The Labute approximate surface area is 174 Å². The van der Waals surface area contributed by atoms with Gasteiger partial charge in [-0.05, 0) is 36.4 Å². The summed E-state index contributed by atoms with van der Waals surface area (Å²) in [6.45, 7) is 0. The number of benzene rings is 3. The van der Waals surface area contributed by atoms with Gasteiger partial charge in [0.2, 0.25) is 0 Å². The Balaban J connectivity index is 1.82. The lowest BCUT2D eigenvalue weighted by Gasteiger charge is -2.11. The lowest BCUT2D eigenvalue weighted by molar-refractivity contribution is 0.102. The fourth-order valence-electron chi connectivity index (χ4n) is 2.95. The predicted octanol–water partition coefficient (Wildman–Crippen LogP) is 6.74. The molecule has 0 aliphatic carbocycles. The maximum Gasteiger partial charge on any atom is 0.256 e. The molecule has 0 fully saturated rings. The van der Waals surface area contributed by atoms with Gasteiger partial charge in [0.15, 0.2) is 0 Å². The molecule has 4 rings (SSSR count). The Kier molecular flexibility index (Phi) is 5.18. The van der Waals surface area contributed by atoms with E-state index in [9.17, 15) is 13.6 Å². The number of halogens is 4. The monoisotopic (exact) mass is 428 g/mol. The van der Waals surface area contributed by atoms with E-state index in [1.54, 1.807) is 48.5 Å². The number of nitrogens with zero attached hydrogens (tertiary/aromatic N) is 1. The van der Waals surface area contributed by atoms with Crippen molar-refractivity contribution in [1.29, 1.82) is 0 Å². The van der Waals surface area contributed by atoms with Crippen molar-refractivity contribution < 1.29 is 13.6 Å². The van der Waals surface area contributed by atoms with E-state index in [0.717, 1.165) is 6.07 Å². The van der Waals surface area contributed by atoms with E-state index in [1.807, 2.05) is 0 Å². The number of hydrogen-bond acceptors (Lipinski definition) is 2. The summed E-state index contributed by atoms with van der Waals surface area (Å²) in [5.41, 5.74) is 1.94. The second-order valence-corrected chi connectivity index (χ2v) is 7.09. The van der Waals surface area contributed by atoms with Crippen molar-refractivity contribution in [3.8, 4) is 11.3 Å². The number of para-hydroxylation sites is 1. The number of carbonyl (C=O) groups excluding carboxylic acids is 1. The first-order valence-electron chi connectivity index (χ1n) is 8.54. The molecule has 0 aliphatic rings. The van der Waals surface area contributed by atoms with Crippen molar-refractivity contribution in [2.75, 3.05) is 5.32 Å². The molecule has 0 bridgehead atoms. The van der Waals surface area contributed by atoms with Crippen molar-refractivity contribution in [1.82, 2.24) is 4.98 Å². The molecule has 4 aromatic rings. The molecule has 0 saturated carbocycles. The fraction of sp³-hybridized carbons (Fsp3) is 0. The van der Waals surface area contributed by atoms with Crippen LogP contribution in [-0.2, 0) is 0 Å². The highest BCUT2D eigenvalue weighted by molar-refractivity contribution is 6.42. The van der Waals surface area contributed by atoms with Gasteiger partial charge < -0.3 is 5.32 Å². The zero-order valence-corrected chi connectivity index (χ0v) is 16.2. The molecule has 29 heavy (non-hydrogen) atoms. The highest BCUT2D eigenvalue weighted by Crippen LogP contribution is 2.30. The van der Waals surface area contributed by atoms with Crippen LogP contribution in [0.1, 0.15) is 10.4 Å². The first-order valence-corrected chi connectivity index (χ1v) is 9.29. The van der Waals surface area contributed by atoms with Gasteiger partial charge >= 0.3 is 0 Å². The molecule has 3 aromatic carbocycles. The number of carbonyl (C=O) groups is 1. The molecule has 0 aliphatic heterocycles. The first kappa shape index (κ1) is 19.3. The summed E-state index contributed by atoms with van der Waals surface area (Å²) >= 11 is 12.1. The van der Waals surface area contributed by atoms with Crippen molar-refractivity contribution in [2.45, 2.75) is 0 Å². The molecule has 0 spiro atoms. The third-order valence-electron chi connectivity index (χ3n) is 4.36. The maximum absolute atomic E-state index is 14.0. The van der Waals surface area contributed by atoms with Gasteiger partial charge in [-0.15, -0.1) is 0 Å². The molecule has 1 N–H and O–H groups in total. The highest BCUT2D eigenvalue weighted by Gasteiger charge is 2.16. The molecular formula is C22H12Cl2F2N2O. The SMILES string of the molecule is O=C(Nc1ccc(F)cc1F)c1cc(-c2ccc(Cl)c(Cl)c2)nc2ccccc12. The molecule has 7 heteroatoms. The van der Waals surface area contributed by atoms with Gasteiger partial charge in [-0.2, -0.15) is 0 Å². The van der Waals surface area contributed by atoms with Gasteiger partial charge in [0.05, 0.1) is 32.5 Å². The topological polar surface area (TPSA) is 42.0 Å². The predicted molar refractivity (Wildman–Crippen MR) is 112 cm³/mol. The minimum atomic E-state index is -0.860. The molecule has 1 aromatic heterocycles. The van der Waals surface area contributed by atoms with Crippen LogP contribution in [0, 0.1) is 11.6 Å². The standard InChI is InChI=1S/C22H12Cl2F2N2O/c23-16-7-5-12(9-17(16)24)21-11-15(14-3-1-2-4-19(14)27-21)22(29)28-20-8-6-13(25)10-18(20)26/h1-11H,(H,28,29). The van der Waals surface area contributed by atoms with Crippen LogP contribution >= 0.6 is 23.2 Å². The van der Waals surface area contributed by atoms with E-state index in [4.69, 9.17) is 23.2 Å². The summed E-state index contributed by atoms with van der Waals surface area (Å²) < 4.78 is 27.1. The fourth-order valence-corrected chi connectivity index (χ4v) is 3.25. The first-order chi connectivity index (χ1) is 13.9. The summed E-state index contributed by atoms with van der Waals surface area (Å²) in [5.74, 6) is -2.13. The maximum atomic E-state index is 14.0. The van der Waals surface area contributed by atoms with Crippen LogP contribution in [0.5, 0.6) is 0 Å². The largest absolute Gasteiger partial charge is 0.319 e. The third-order valence-corrected chi connectivity index (χ3v) is 5.09. The van der Waals surface area contributed by atoms with Crippen LogP contribution in [0.2, 0.25) is 10.0 Å². The second-order valence-electron chi connectivity index (χ2n) is 6.28. The van der Waals surface area contributed by atoms with E-state index in [-0.39, 0.29) is 5.69 Å². The number of nitrogens with one attached hydrogen (secondary N) is 1. The van der Waals surface area contributed by atoms with Gasteiger partial charge in [0, 0.05) is 17.0 Å². The van der Waals surface area contributed by atoms with Crippen LogP contribution in [0.25, 0.3) is 22.2 Å². The van der Waals surface area contributed by atoms with Crippen LogP contribution in [0.15, 0.2) is 66.7 Å². The molecule has 0 saturated heterocycles. The molecule has 3 nitrogen and oxygen atoms in total. The van der Waals surface area contributed by atoms with Crippen LogP contribution in [-0.4, -0.2) is 10.9 Å². The van der Waals surface area contributed by atoms with Crippen LogP contribution < -0.4 is 5.32 Å². The molecule has 1 heterocycles. The van der Waals surface area contributed by atoms with Crippen LogP contribution in [0.4, 0.5) is 14.5 Å². The smallest absolute Gasteiger partial charge is 0.256 e. The van der Waals surface area contributed by atoms with E-state index in [2.05, 4.69) is 10.3 Å². The quantitative estimate of drug-likeness (QED) is 0.392. The Morgan fingerprint density at radius 1 is 0.897 bits per heavy atom. The Bertz CT molecular complexity index is 1260. The van der Waals surface area contributed by atoms with E-state index < -0.39 is 17.5 Å². The van der Waals surface area contributed by atoms with Crippen molar-refractivity contribution in [2.24, 2.45) is 0 Å². The van der Waals surface area contributed by atoms with E-state index in [1.165, 1.54) is 6.07 Å².